The molecule has 1 aromatic heterocycles. The predicted octanol–water partition coefficient (Wildman–Crippen LogP) is 6.49. The second-order valence-electron chi connectivity index (χ2n) is 9.87. The maximum Gasteiger partial charge on any atom is 0.415 e. The van der Waals surface area contributed by atoms with E-state index in [9.17, 15) is 14.7 Å². The van der Waals surface area contributed by atoms with Crippen LogP contribution in [0.4, 0.5) is 4.79 Å². The number of carboxylic acid groups (broad SMARTS) is 1. The molecule has 0 fully saturated rings. The molecule has 1 amide bonds. The van der Waals surface area contributed by atoms with Gasteiger partial charge in [0.25, 0.3) is 0 Å². The second kappa shape index (κ2) is 13.0. The molecular weight excluding hydrogens is 520 g/mol. The zero-order chi connectivity index (χ0) is 28.6. The molecule has 4 aromatic rings. The fourth-order valence-corrected chi connectivity index (χ4v) is 4.80. The summed E-state index contributed by atoms with van der Waals surface area (Å²) < 4.78 is 17.2. The maximum absolute atomic E-state index is 12.7. The van der Waals surface area contributed by atoms with E-state index >= 15 is 0 Å². The van der Waals surface area contributed by atoms with Crippen molar-refractivity contribution in [1.82, 2.24) is 9.88 Å². The third kappa shape index (κ3) is 7.22. The first-order valence-electron chi connectivity index (χ1n) is 13.7. The number of carbonyl (C=O) groups excluding carboxylic acids is 1. The number of para-hydroxylation sites is 1. The molecule has 3 aromatic carbocycles. The van der Waals surface area contributed by atoms with Gasteiger partial charge >= 0.3 is 12.1 Å². The van der Waals surface area contributed by atoms with Crippen molar-refractivity contribution in [2.24, 2.45) is 0 Å². The Morgan fingerprint density at radius 2 is 1.61 bits per heavy atom. The number of rotatable bonds is 10. The van der Waals surface area contributed by atoms with E-state index in [2.05, 4.69) is 4.98 Å². The summed E-state index contributed by atoms with van der Waals surface area (Å²) in [4.78, 5) is 30.7. The number of nitrogens with zero attached hydrogens (tertiary/aromatic N) is 2. The minimum absolute atomic E-state index is 0.238. The highest BCUT2D eigenvalue weighted by atomic mass is 16.6. The van der Waals surface area contributed by atoms with Gasteiger partial charge in [0.2, 0.25) is 5.89 Å². The number of amides is 1. The molecule has 0 saturated carbocycles. The first kappa shape index (κ1) is 27.7. The van der Waals surface area contributed by atoms with Crippen LogP contribution >= 0.6 is 0 Å². The average Bonchev–Trinajstić information content (AvgIpc) is 3.37. The van der Waals surface area contributed by atoms with E-state index in [4.69, 9.17) is 13.9 Å². The summed E-state index contributed by atoms with van der Waals surface area (Å²) in [6.07, 6.45) is 1.62. The van der Waals surface area contributed by atoms with Crippen LogP contribution in [0.3, 0.4) is 0 Å². The largest absolute Gasteiger partial charge is 0.493 e. The summed E-state index contributed by atoms with van der Waals surface area (Å²) in [6, 6.07) is 26.5. The maximum atomic E-state index is 12.7. The molecule has 0 aliphatic carbocycles. The van der Waals surface area contributed by atoms with Gasteiger partial charge in [-0.2, -0.15) is 0 Å². The molecule has 0 unspecified atom stereocenters. The number of aryl methyl sites for hydroxylation is 2. The molecule has 8 nitrogen and oxygen atoms in total. The highest BCUT2D eigenvalue weighted by Crippen LogP contribution is 2.25. The van der Waals surface area contributed by atoms with Crippen LogP contribution in [0.2, 0.25) is 0 Å². The Hall–Kier alpha value is -4.85. The Morgan fingerprint density at radius 1 is 0.902 bits per heavy atom. The van der Waals surface area contributed by atoms with E-state index in [0.717, 1.165) is 33.9 Å². The van der Waals surface area contributed by atoms with E-state index in [1.54, 1.807) is 29.2 Å². The van der Waals surface area contributed by atoms with Gasteiger partial charge in [-0.25, -0.2) is 14.6 Å². The van der Waals surface area contributed by atoms with Crippen molar-refractivity contribution in [2.45, 2.75) is 32.6 Å². The summed E-state index contributed by atoms with van der Waals surface area (Å²) in [5.41, 5.74) is 3.99. The van der Waals surface area contributed by atoms with Gasteiger partial charge in [-0.05, 0) is 73.7 Å². The highest BCUT2D eigenvalue weighted by molar-refractivity contribution is 5.88. The van der Waals surface area contributed by atoms with Crippen LogP contribution in [0, 0.1) is 6.92 Å². The number of benzene rings is 3. The van der Waals surface area contributed by atoms with Gasteiger partial charge in [-0.3, -0.25) is 0 Å². The molecule has 0 bridgehead atoms. The average molecular weight is 553 g/mol. The number of oxazole rings is 1. The van der Waals surface area contributed by atoms with E-state index in [1.165, 1.54) is 0 Å². The Kier molecular flexibility index (Phi) is 8.79. The van der Waals surface area contributed by atoms with Crippen molar-refractivity contribution in [3.8, 4) is 23.0 Å². The quantitative estimate of drug-likeness (QED) is 0.240. The molecule has 5 rings (SSSR count). The lowest BCUT2D eigenvalue weighted by Gasteiger charge is -2.29. The van der Waals surface area contributed by atoms with E-state index in [0.29, 0.717) is 56.0 Å². The van der Waals surface area contributed by atoms with Crippen molar-refractivity contribution >= 4 is 12.1 Å². The summed E-state index contributed by atoms with van der Waals surface area (Å²) in [5, 5.41) is 9.72. The van der Waals surface area contributed by atoms with Gasteiger partial charge < -0.3 is 23.9 Å². The van der Waals surface area contributed by atoms with Gasteiger partial charge in [0.15, 0.2) is 0 Å². The van der Waals surface area contributed by atoms with Crippen LogP contribution in [0.5, 0.6) is 11.5 Å². The molecule has 2 heterocycles. The second-order valence-corrected chi connectivity index (χ2v) is 9.87. The molecule has 41 heavy (non-hydrogen) atoms. The zero-order valence-corrected chi connectivity index (χ0v) is 22.9. The van der Waals surface area contributed by atoms with Crippen LogP contribution < -0.4 is 9.47 Å². The third-order valence-electron chi connectivity index (χ3n) is 7.06. The number of aromatic nitrogens is 1. The number of carboxylic acids is 1. The Morgan fingerprint density at radius 3 is 2.32 bits per heavy atom. The van der Waals surface area contributed by atoms with Crippen molar-refractivity contribution in [2.75, 3.05) is 19.7 Å². The third-order valence-corrected chi connectivity index (χ3v) is 7.06. The van der Waals surface area contributed by atoms with Gasteiger partial charge in [0.1, 0.15) is 17.3 Å². The summed E-state index contributed by atoms with van der Waals surface area (Å²) in [6.45, 7) is 2.92. The summed E-state index contributed by atoms with van der Waals surface area (Å²) >= 11 is 0. The van der Waals surface area contributed by atoms with E-state index < -0.39 is 12.1 Å². The zero-order valence-electron chi connectivity index (χ0n) is 22.9. The van der Waals surface area contributed by atoms with Crippen molar-refractivity contribution < 1.29 is 28.6 Å². The molecule has 210 valence electrons. The SMILES string of the molecule is Cc1oc(-c2ccccc2)nc1CCOc1ccc(CCC2=C(C(=O)O)CCN(C(=O)Oc3ccccc3)C2)cc1. The van der Waals surface area contributed by atoms with Gasteiger partial charge in [0, 0.05) is 30.6 Å². The number of hydrogen-bond acceptors (Lipinski definition) is 6. The monoisotopic (exact) mass is 552 g/mol. The molecule has 0 radical (unpaired) electrons. The summed E-state index contributed by atoms with van der Waals surface area (Å²) in [7, 11) is 0. The van der Waals surface area contributed by atoms with Crippen LogP contribution in [0.15, 0.2) is 100 Å². The van der Waals surface area contributed by atoms with E-state index in [-0.39, 0.29) is 6.54 Å². The van der Waals surface area contributed by atoms with Crippen LogP contribution in [0.25, 0.3) is 11.5 Å². The van der Waals surface area contributed by atoms with Crippen molar-refractivity contribution in [1.29, 1.82) is 0 Å². The number of aliphatic carboxylic acids is 1. The fraction of sp³-hybridized carbons (Fsp3) is 0.242. The minimum Gasteiger partial charge on any atom is -0.493 e. The van der Waals surface area contributed by atoms with Crippen LogP contribution in [-0.4, -0.2) is 46.7 Å². The Bertz CT molecular complexity index is 1510. The molecular formula is C33H32N2O6. The fourth-order valence-electron chi connectivity index (χ4n) is 4.80. The molecule has 1 N–H and O–H groups in total. The molecule has 0 atom stereocenters. The van der Waals surface area contributed by atoms with Gasteiger partial charge in [-0.1, -0.05) is 48.5 Å². The van der Waals surface area contributed by atoms with Crippen LogP contribution in [-0.2, 0) is 17.6 Å². The minimum atomic E-state index is -0.932. The Balaban J connectivity index is 1.13. The van der Waals surface area contributed by atoms with Gasteiger partial charge in [-0.15, -0.1) is 0 Å². The molecule has 0 spiro atoms. The predicted molar refractivity (Wildman–Crippen MR) is 154 cm³/mol. The smallest absolute Gasteiger partial charge is 0.415 e. The van der Waals surface area contributed by atoms with E-state index in [1.807, 2.05) is 67.6 Å². The van der Waals surface area contributed by atoms with Crippen molar-refractivity contribution in [3.05, 3.63) is 113 Å². The molecule has 1 aliphatic rings. The lowest BCUT2D eigenvalue weighted by molar-refractivity contribution is -0.133. The van der Waals surface area contributed by atoms with Crippen molar-refractivity contribution in [3.63, 3.8) is 0 Å². The molecule has 1 aliphatic heterocycles. The Labute approximate surface area is 238 Å². The molecule has 8 heteroatoms. The van der Waals surface area contributed by atoms with Crippen LogP contribution in [0.1, 0.15) is 29.9 Å². The first-order valence-corrected chi connectivity index (χ1v) is 13.7. The topological polar surface area (TPSA) is 102 Å². The number of hydrogen-bond donors (Lipinski definition) is 1. The molecule has 0 saturated heterocycles. The highest BCUT2D eigenvalue weighted by Gasteiger charge is 2.27. The normalized spacial score (nSPS) is 13.2. The van der Waals surface area contributed by atoms with Gasteiger partial charge in [0.05, 0.1) is 12.3 Å². The number of carbonyl (C=O) groups is 2. The summed E-state index contributed by atoms with van der Waals surface area (Å²) in [5.74, 6) is 1.67. The first-order chi connectivity index (χ1) is 20.0. The lowest BCUT2D eigenvalue weighted by Crippen LogP contribution is -2.40. The standard InChI is InChI=1S/C33H32N2O6/c1-23-30(34-31(40-23)25-8-4-2-5-9-25)19-21-39-27-16-13-24(14-17-27)12-15-26-22-35(20-18-29(26)32(36)37)33(38)41-28-10-6-3-7-11-28/h2-11,13-14,16-17H,12,15,18-22H2,1H3,(H,36,37). The lowest BCUT2D eigenvalue weighted by atomic mass is 9.94. The number of ether oxygens (including phenoxy) is 2.